The highest BCUT2D eigenvalue weighted by atomic mass is 28.3. The number of hydrogen-bond acceptors (Lipinski definition) is 0. The molecule has 0 amide bonds. The highest BCUT2D eigenvalue weighted by Crippen LogP contribution is 2.63. The van der Waals surface area contributed by atoms with Crippen molar-refractivity contribution in [2.75, 3.05) is 0 Å². The van der Waals surface area contributed by atoms with Gasteiger partial charge in [-0.1, -0.05) is 62.0 Å². The fourth-order valence-electron chi connectivity index (χ4n) is 3.63. The Bertz CT molecular complexity index is 466. The molecule has 1 unspecified atom stereocenters. The molecule has 0 radical (unpaired) electrons. The molecule has 1 heteroatoms. The second-order valence-corrected chi connectivity index (χ2v) is 10.2. The molecular formula is C14H18Si. The quantitative estimate of drug-likeness (QED) is 0.620. The van der Waals surface area contributed by atoms with E-state index in [1.807, 2.05) is 0 Å². The summed E-state index contributed by atoms with van der Waals surface area (Å²) in [5.41, 5.74) is 5.81. The van der Waals surface area contributed by atoms with Crippen molar-refractivity contribution in [2.24, 2.45) is 5.92 Å². The summed E-state index contributed by atoms with van der Waals surface area (Å²) in [5, 5.41) is 1.78. The van der Waals surface area contributed by atoms with E-state index < -0.39 is 8.07 Å². The van der Waals surface area contributed by atoms with Gasteiger partial charge in [0.1, 0.15) is 0 Å². The summed E-state index contributed by atoms with van der Waals surface area (Å²) in [6.07, 6.45) is 0. The second-order valence-electron chi connectivity index (χ2n) is 5.73. The van der Waals surface area contributed by atoms with Gasteiger partial charge in [0.05, 0.1) is 8.07 Å². The minimum Gasteiger partial charge on any atom is -0.0647 e. The molecule has 0 aromatic heterocycles. The summed E-state index contributed by atoms with van der Waals surface area (Å²) in [6.45, 7) is 9.74. The Kier molecular flexibility index (Phi) is 1.66. The van der Waals surface area contributed by atoms with E-state index in [1.165, 1.54) is 0 Å². The van der Waals surface area contributed by atoms with Crippen molar-refractivity contribution in [3.8, 4) is 0 Å². The Morgan fingerprint density at radius 1 is 1.13 bits per heavy atom. The van der Waals surface area contributed by atoms with Crippen molar-refractivity contribution in [1.82, 2.24) is 0 Å². The van der Waals surface area contributed by atoms with Gasteiger partial charge in [-0.15, -0.1) is 0 Å². The minimum atomic E-state index is -1.10. The third-order valence-electron chi connectivity index (χ3n) is 4.13. The second kappa shape index (κ2) is 2.65. The van der Waals surface area contributed by atoms with Gasteiger partial charge in [-0.05, 0) is 17.0 Å². The average molecular weight is 214 g/mol. The van der Waals surface area contributed by atoms with Gasteiger partial charge in [0, 0.05) is 5.54 Å². The summed E-state index contributed by atoms with van der Waals surface area (Å²) in [7, 11) is -1.10. The van der Waals surface area contributed by atoms with Crippen LogP contribution in [0.4, 0.5) is 0 Å². The largest absolute Gasteiger partial charge is 0.0930 e. The summed E-state index contributed by atoms with van der Waals surface area (Å²) in [5.74, 6) is 0.734. The molecule has 0 saturated heterocycles. The van der Waals surface area contributed by atoms with Crippen LogP contribution in [0.1, 0.15) is 30.5 Å². The van der Waals surface area contributed by atoms with E-state index in [9.17, 15) is 0 Å². The molecule has 1 aliphatic carbocycles. The number of rotatable bonds is 1. The molecule has 2 aliphatic heterocycles. The van der Waals surface area contributed by atoms with Gasteiger partial charge in [0.2, 0.25) is 0 Å². The third kappa shape index (κ3) is 0.925. The molecule has 0 fully saturated rings. The lowest BCUT2D eigenvalue weighted by atomic mass is 10.00. The first-order valence-electron chi connectivity index (χ1n) is 5.89. The van der Waals surface area contributed by atoms with E-state index in [-0.39, 0.29) is 0 Å². The maximum Gasteiger partial charge on any atom is 0.0930 e. The molecule has 3 aliphatic rings. The van der Waals surface area contributed by atoms with Gasteiger partial charge in [-0.3, -0.25) is 0 Å². The zero-order valence-corrected chi connectivity index (χ0v) is 11.0. The van der Waals surface area contributed by atoms with E-state index in [1.54, 1.807) is 21.9 Å². The van der Waals surface area contributed by atoms with Crippen molar-refractivity contribution in [2.45, 2.75) is 32.5 Å². The van der Waals surface area contributed by atoms with E-state index in [2.05, 4.69) is 51.2 Å². The Labute approximate surface area is 93.0 Å². The van der Waals surface area contributed by atoms with E-state index in [4.69, 9.17) is 0 Å². The molecule has 0 spiro atoms. The lowest BCUT2D eigenvalue weighted by Gasteiger charge is -2.42. The maximum atomic E-state index is 2.53. The lowest BCUT2D eigenvalue weighted by Crippen LogP contribution is -2.43. The number of allylic oxidation sites excluding steroid dienone is 1. The first-order chi connectivity index (χ1) is 7.05. The smallest absolute Gasteiger partial charge is 0.0647 e. The van der Waals surface area contributed by atoms with Crippen LogP contribution in [0.2, 0.25) is 13.1 Å². The van der Waals surface area contributed by atoms with Crippen LogP contribution in [0.5, 0.6) is 0 Å². The van der Waals surface area contributed by atoms with Crippen LogP contribution >= 0.6 is 0 Å². The number of hydrogen-bond donors (Lipinski definition) is 0. The van der Waals surface area contributed by atoms with Crippen LogP contribution in [0.3, 0.4) is 0 Å². The van der Waals surface area contributed by atoms with Crippen molar-refractivity contribution < 1.29 is 0 Å². The van der Waals surface area contributed by atoms with E-state index in [0.29, 0.717) is 0 Å². The molecule has 1 aromatic rings. The summed E-state index contributed by atoms with van der Waals surface area (Å²) in [6, 6.07) is 9.06. The normalized spacial score (nSPS) is 25.5. The zero-order chi connectivity index (χ0) is 10.8. The zero-order valence-electron chi connectivity index (χ0n) is 9.96. The van der Waals surface area contributed by atoms with Crippen LogP contribution in [0.15, 0.2) is 29.8 Å². The van der Waals surface area contributed by atoms with Gasteiger partial charge >= 0.3 is 0 Å². The molecule has 4 rings (SSSR count). The topological polar surface area (TPSA) is 0 Å². The van der Waals surface area contributed by atoms with Gasteiger partial charge in [-0.25, -0.2) is 0 Å². The predicted molar refractivity (Wildman–Crippen MR) is 68.4 cm³/mol. The first kappa shape index (κ1) is 9.41. The molecule has 1 atom stereocenters. The van der Waals surface area contributed by atoms with Crippen LogP contribution in [-0.2, 0) is 0 Å². The highest BCUT2D eigenvalue weighted by Gasteiger charge is 2.56. The van der Waals surface area contributed by atoms with Gasteiger partial charge in [0.15, 0.2) is 0 Å². The molecule has 0 nitrogen and oxygen atoms in total. The Morgan fingerprint density at radius 2 is 1.80 bits per heavy atom. The van der Waals surface area contributed by atoms with Gasteiger partial charge in [-0.2, -0.15) is 0 Å². The minimum absolute atomic E-state index is 0.734. The monoisotopic (exact) mass is 214 g/mol. The Hall–Kier alpha value is -0.823. The summed E-state index contributed by atoms with van der Waals surface area (Å²) >= 11 is 0. The third-order valence-corrected chi connectivity index (χ3v) is 8.04. The van der Waals surface area contributed by atoms with Crippen molar-refractivity contribution in [3.63, 3.8) is 0 Å². The fraction of sp³-hybridized carbons (Fsp3) is 0.429. The predicted octanol–water partition coefficient (Wildman–Crippen LogP) is 3.99. The molecule has 78 valence electrons. The molecule has 1 aromatic carbocycles. The molecule has 15 heavy (non-hydrogen) atoms. The maximum absolute atomic E-state index is 2.53. The first-order valence-corrected chi connectivity index (χ1v) is 8.96. The van der Waals surface area contributed by atoms with Crippen LogP contribution in [0, 0.1) is 5.92 Å². The average Bonchev–Trinajstić information content (AvgIpc) is 2.63. The van der Waals surface area contributed by atoms with Gasteiger partial charge < -0.3 is 0 Å². The summed E-state index contributed by atoms with van der Waals surface area (Å²) in [4.78, 5) is 0. The van der Waals surface area contributed by atoms with Crippen molar-refractivity contribution in [1.29, 1.82) is 0 Å². The van der Waals surface area contributed by atoms with Crippen LogP contribution < -0.4 is 0 Å². The molecule has 2 heterocycles. The SMILES string of the molecule is CC(C)C1=C2c3ccccc3C1[Si]2(C)C. The molecule has 0 N–H and O–H groups in total. The fourth-order valence-corrected chi connectivity index (χ4v) is 8.07. The van der Waals surface area contributed by atoms with Crippen LogP contribution in [-0.4, -0.2) is 8.07 Å². The van der Waals surface area contributed by atoms with E-state index >= 15 is 0 Å². The standard InChI is InChI=1S/C14H18Si/c1-9(2)12-13-10-7-5-6-8-11(10)14(12)15(13,3)4/h5-9,13H,1-4H3. The Morgan fingerprint density at radius 3 is 2.40 bits per heavy atom. The van der Waals surface area contributed by atoms with Crippen molar-refractivity contribution in [3.05, 3.63) is 41.0 Å². The number of benzene rings is 1. The van der Waals surface area contributed by atoms with Crippen LogP contribution in [0.25, 0.3) is 5.20 Å². The van der Waals surface area contributed by atoms with E-state index in [0.717, 1.165) is 11.5 Å². The lowest BCUT2D eigenvalue weighted by molar-refractivity contribution is 0.725. The van der Waals surface area contributed by atoms with Crippen molar-refractivity contribution >= 4 is 13.3 Å². The Balaban J connectivity index is 2.23. The molecule has 0 saturated carbocycles. The molecule has 2 bridgehead atoms. The van der Waals surface area contributed by atoms with Gasteiger partial charge in [0.25, 0.3) is 0 Å². The summed E-state index contributed by atoms with van der Waals surface area (Å²) < 4.78 is 0. The molecular weight excluding hydrogens is 196 g/mol. The highest BCUT2D eigenvalue weighted by molar-refractivity contribution is 7.01.